The number of rotatable bonds is 1. The van der Waals surface area contributed by atoms with Crippen molar-refractivity contribution < 1.29 is 18.5 Å². The number of allylic oxidation sites excluding steroid dienone is 2. The van der Waals surface area contributed by atoms with E-state index in [4.69, 9.17) is 21.1 Å². The van der Waals surface area contributed by atoms with Gasteiger partial charge in [-0.2, -0.15) is 0 Å². The molecule has 48 heavy (non-hydrogen) atoms. The molecule has 7 rings (SSSR count). The minimum absolute atomic E-state index is 0.134. The summed E-state index contributed by atoms with van der Waals surface area (Å²) in [5.41, 5.74) is 3.90. The van der Waals surface area contributed by atoms with Crippen molar-refractivity contribution in [3.63, 3.8) is 0 Å². The van der Waals surface area contributed by atoms with Gasteiger partial charge < -0.3 is 14.4 Å². The SMILES string of the molecule is CC1C/C=C/C(C#CCN2CCOCC2)C2CCC2CN2C[C@@]3(CCCc4cc(Cl)ccc43)COc3ccc(cc32)C(=O)NS(=O)C1C. The third-order valence-corrected chi connectivity index (χ3v) is 13.3. The van der Waals surface area contributed by atoms with Crippen LogP contribution in [0.4, 0.5) is 5.69 Å². The maximum Gasteiger partial charge on any atom is 0.263 e. The zero-order valence-corrected chi connectivity index (χ0v) is 29.8. The van der Waals surface area contributed by atoms with Crippen molar-refractivity contribution in [1.82, 2.24) is 9.62 Å². The first-order chi connectivity index (χ1) is 23.3. The van der Waals surface area contributed by atoms with Crippen molar-refractivity contribution >= 4 is 34.2 Å². The van der Waals surface area contributed by atoms with Crippen LogP contribution >= 0.6 is 11.6 Å². The van der Waals surface area contributed by atoms with E-state index in [0.29, 0.717) is 24.0 Å². The van der Waals surface area contributed by atoms with Gasteiger partial charge >= 0.3 is 0 Å². The van der Waals surface area contributed by atoms with Crippen molar-refractivity contribution in [3.05, 3.63) is 70.3 Å². The van der Waals surface area contributed by atoms with Gasteiger partial charge in [0.05, 0.1) is 37.3 Å². The number of hydrogen-bond acceptors (Lipinski definition) is 6. The Morgan fingerprint density at radius 1 is 1.12 bits per heavy atom. The van der Waals surface area contributed by atoms with E-state index in [0.717, 1.165) is 101 Å². The lowest BCUT2D eigenvalue weighted by molar-refractivity contribution is 0.0443. The van der Waals surface area contributed by atoms with Gasteiger partial charge in [0, 0.05) is 48.1 Å². The molecule has 9 heteroatoms. The Balaban J connectivity index is 1.25. The maximum absolute atomic E-state index is 13.5. The number of nitrogens with one attached hydrogen (secondary N) is 1. The fraction of sp³-hybridized carbons (Fsp3) is 0.564. The molecule has 5 aliphatic rings. The quantitative estimate of drug-likeness (QED) is 0.286. The number of carbonyl (C=O) groups excluding carboxylic acids is 1. The lowest BCUT2D eigenvalue weighted by atomic mass is 9.66. The molecule has 6 unspecified atom stereocenters. The normalized spacial score (nSPS) is 33.1. The van der Waals surface area contributed by atoms with Crippen LogP contribution in [0, 0.1) is 35.5 Å². The zero-order valence-electron chi connectivity index (χ0n) is 28.2. The number of fused-ring (bicyclic) bond motifs is 4. The summed E-state index contributed by atoms with van der Waals surface area (Å²) in [6.07, 6.45) is 10.8. The Labute approximate surface area is 293 Å². The second kappa shape index (κ2) is 14.6. The van der Waals surface area contributed by atoms with Gasteiger partial charge in [0.2, 0.25) is 0 Å². The van der Waals surface area contributed by atoms with Crippen LogP contribution in [0.2, 0.25) is 5.02 Å². The van der Waals surface area contributed by atoms with E-state index in [1.54, 1.807) is 0 Å². The Bertz CT molecular complexity index is 1630. The average Bonchev–Trinajstić information content (AvgIpc) is 3.22. The molecular weight excluding hydrogens is 642 g/mol. The molecule has 2 aromatic carbocycles. The number of aryl methyl sites for hydroxylation is 1. The highest BCUT2D eigenvalue weighted by Crippen LogP contribution is 2.47. The first-order valence-corrected chi connectivity index (χ1v) is 19.4. The van der Waals surface area contributed by atoms with Gasteiger partial charge in [0.25, 0.3) is 5.91 Å². The largest absolute Gasteiger partial charge is 0.490 e. The Kier molecular flexibility index (Phi) is 10.2. The van der Waals surface area contributed by atoms with Gasteiger partial charge in [-0.05, 0) is 105 Å². The van der Waals surface area contributed by atoms with E-state index < -0.39 is 11.0 Å². The summed E-state index contributed by atoms with van der Waals surface area (Å²) < 4.78 is 28.4. The van der Waals surface area contributed by atoms with Crippen molar-refractivity contribution in [1.29, 1.82) is 0 Å². The van der Waals surface area contributed by atoms with E-state index in [-0.39, 0.29) is 28.4 Å². The summed E-state index contributed by atoms with van der Waals surface area (Å²) in [6.45, 7) is 10.5. The fourth-order valence-electron chi connectivity index (χ4n) is 8.25. The summed E-state index contributed by atoms with van der Waals surface area (Å²) in [4.78, 5) is 18.4. The molecule has 0 aromatic heterocycles. The second-order valence-electron chi connectivity index (χ2n) is 14.6. The van der Waals surface area contributed by atoms with E-state index in [9.17, 15) is 9.00 Å². The van der Waals surface area contributed by atoms with E-state index in [2.05, 4.69) is 57.6 Å². The molecule has 1 amide bonds. The molecular formula is C39H48ClN3O4S. The van der Waals surface area contributed by atoms with E-state index >= 15 is 0 Å². The standard InChI is InChI=1S/C39H48ClN3O4S/c1-27-6-3-7-29(9-5-17-42-18-20-46-21-19-42)34-13-10-32(34)24-43-25-39(16-4-8-30-22-33(40)12-14-35(30)39)26-47-37-15-11-31(23-36(37)43)38(44)41-48(45)28(27)2/h3,7,11-12,14-15,22-23,27-29,32,34H,4,6,8,10,13,16-21,24-26H2,1-2H3,(H,41,44)/b7-3+/t27?,28?,29?,32?,34?,39-,48?/m0/s1. The topological polar surface area (TPSA) is 71.1 Å². The first-order valence-electron chi connectivity index (χ1n) is 17.8. The molecule has 3 heterocycles. The molecule has 1 saturated heterocycles. The molecule has 0 radical (unpaired) electrons. The van der Waals surface area contributed by atoms with Crippen molar-refractivity contribution in [2.45, 2.75) is 63.0 Å². The number of benzene rings is 2. The molecule has 2 aromatic rings. The van der Waals surface area contributed by atoms with Crippen LogP contribution in [0.1, 0.15) is 67.4 Å². The van der Waals surface area contributed by atoms with Crippen LogP contribution in [0.25, 0.3) is 0 Å². The summed E-state index contributed by atoms with van der Waals surface area (Å²) in [5.74, 6) is 8.93. The van der Waals surface area contributed by atoms with Crippen LogP contribution in [0.3, 0.4) is 0 Å². The highest BCUT2D eigenvalue weighted by Gasteiger charge is 2.44. The van der Waals surface area contributed by atoms with Crippen LogP contribution in [-0.2, 0) is 27.6 Å². The Morgan fingerprint density at radius 3 is 2.79 bits per heavy atom. The average molecular weight is 690 g/mol. The third kappa shape index (κ3) is 7.07. The zero-order chi connectivity index (χ0) is 33.3. The lowest BCUT2D eigenvalue weighted by Crippen LogP contribution is -2.49. The number of morpholine rings is 1. The Morgan fingerprint density at radius 2 is 1.98 bits per heavy atom. The predicted molar refractivity (Wildman–Crippen MR) is 193 cm³/mol. The molecule has 2 bridgehead atoms. The van der Waals surface area contributed by atoms with Crippen molar-refractivity contribution in [2.75, 3.05) is 57.4 Å². The molecule has 1 spiro atoms. The molecule has 7 atom stereocenters. The number of anilines is 1. The van der Waals surface area contributed by atoms with Crippen molar-refractivity contribution in [3.8, 4) is 17.6 Å². The summed E-state index contributed by atoms with van der Waals surface area (Å²) in [7, 11) is -1.52. The third-order valence-electron chi connectivity index (χ3n) is 11.6. The van der Waals surface area contributed by atoms with E-state index in [1.165, 1.54) is 11.1 Å². The van der Waals surface area contributed by atoms with Gasteiger partial charge in [0.1, 0.15) is 16.7 Å². The second-order valence-corrected chi connectivity index (χ2v) is 16.6. The lowest BCUT2D eigenvalue weighted by Gasteiger charge is -2.45. The highest BCUT2D eigenvalue weighted by molar-refractivity contribution is 7.84. The molecule has 1 saturated carbocycles. The monoisotopic (exact) mass is 689 g/mol. The predicted octanol–water partition coefficient (Wildman–Crippen LogP) is 6.17. The summed E-state index contributed by atoms with van der Waals surface area (Å²) in [5, 5.41) is 0.575. The summed E-state index contributed by atoms with van der Waals surface area (Å²) in [6, 6.07) is 12.0. The van der Waals surface area contributed by atoms with Gasteiger partial charge in [-0.1, -0.05) is 48.6 Å². The smallest absolute Gasteiger partial charge is 0.263 e. The molecule has 2 aliphatic carbocycles. The van der Waals surface area contributed by atoms with Gasteiger partial charge in [-0.3, -0.25) is 14.4 Å². The number of ether oxygens (including phenoxy) is 2. The van der Waals surface area contributed by atoms with Crippen molar-refractivity contribution in [2.24, 2.45) is 23.7 Å². The maximum atomic E-state index is 13.5. The van der Waals surface area contributed by atoms with Gasteiger partial charge in [0.15, 0.2) is 0 Å². The Hall–Kier alpha value is -2.83. The number of carbonyl (C=O) groups is 1. The van der Waals surface area contributed by atoms with Crippen LogP contribution in [0.5, 0.6) is 5.75 Å². The molecule has 1 N–H and O–H groups in total. The fourth-order valence-corrected chi connectivity index (χ4v) is 9.47. The number of nitrogens with zero attached hydrogens (tertiary/aromatic N) is 2. The number of halogens is 1. The van der Waals surface area contributed by atoms with Gasteiger partial charge in [-0.25, -0.2) is 4.21 Å². The minimum Gasteiger partial charge on any atom is -0.490 e. The van der Waals surface area contributed by atoms with Crippen LogP contribution in [-0.4, -0.2) is 72.8 Å². The van der Waals surface area contributed by atoms with Crippen LogP contribution in [0.15, 0.2) is 48.6 Å². The van der Waals surface area contributed by atoms with Crippen LogP contribution < -0.4 is 14.4 Å². The summed E-state index contributed by atoms with van der Waals surface area (Å²) >= 11 is 6.47. The molecule has 2 fully saturated rings. The number of amides is 1. The first kappa shape index (κ1) is 33.7. The molecule has 256 valence electrons. The van der Waals surface area contributed by atoms with Gasteiger partial charge in [-0.15, -0.1) is 0 Å². The highest BCUT2D eigenvalue weighted by atomic mass is 35.5. The van der Waals surface area contributed by atoms with E-state index in [1.807, 2.05) is 31.2 Å². The molecule has 3 aliphatic heterocycles. The minimum atomic E-state index is -1.52. The molecule has 7 nitrogen and oxygen atoms in total. The number of hydrogen-bond donors (Lipinski definition) is 1.